The van der Waals surface area contributed by atoms with E-state index in [4.69, 9.17) is 11.6 Å². The van der Waals surface area contributed by atoms with E-state index in [9.17, 15) is 0 Å². The quantitative estimate of drug-likeness (QED) is 0.929. The number of halogens is 1. The van der Waals surface area contributed by atoms with Gasteiger partial charge in [0.2, 0.25) is 0 Å². The van der Waals surface area contributed by atoms with Crippen molar-refractivity contribution in [1.82, 2.24) is 9.88 Å². The lowest BCUT2D eigenvalue weighted by atomic mass is 10.1. The molecule has 1 unspecified atom stereocenters. The van der Waals surface area contributed by atoms with E-state index in [0.717, 1.165) is 18.2 Å². The molecule has 1 fully saturated rings. The zero-order valence-electron chi connectivity index (χ0n) is 11.3. The molecule has 0 aliphatic carbocycles. The predicted molar refractivity (Wildman–Crippen MR) is 85.5 cm³/mol. The highest BCUT2D eigenvalue weighted by molar-refractivity contribution is 7.14. The highest BCUT2D eigenvalue weighted by Gasteiger charge is 2.20. The van der Waals surface area contributed by atoms with Crippen LogP contribution in [0.1, 0.15) is 18.4 Å². The van der Waals surface area contributed by atoms with Gasteiger partial charge in [0.05, 0.1) is 0 Å². The van der Waals surface area contributed by atoms with Crippen LogP contribution in [0.2, 0.25) is 5.15 Å². The number of rotatable bonds is 4. The molecule has 2 aromatic rings. The summed E-state index contributed by atoms with van der Waals surface area (Å²) in [5.41, 5.74) is 1.38. The Morgan fingerprint density at radius 1 is 1.35 bits per heavy atom. The predicted octanol–water partition coefficient (Wildman–Crippen LogP) is 3.87. The average Bonchev–Trinajstić information content (AvgIpc) is 2.86. The number of anilines is 1. The summed E-state index contributed by atoms with van der Waals surface area (Å²) in [6.45, 7) is 3.26. The number of thiazole rings is 1. The number of likely N-dealkylation sites (tertiary alicyclic amines) is 1. The molecule has 20 heavy (non-hydrogen) atoms. The third-order valence-electron chi connectivity index (χ3n) is 3.56. The van der Waals surface area contributed by atoms with Crippen LogP contribution < -0.4 is 5.32 Å². The second-order valence-electron chi connectivity index (χ2n) is 5.18. The van der Waals surface area contributed by atoms with Gasteiger partial charge in [0, 0.05) is 24.5 Å². The van der Waals surface area contributed by atoms with Crippen LogP contribution in [0, 0.1) is 0 Å². The normalized spacial score (nSPS) is 19.9. The van der Waals surface area contributed by atoms with Crippen molar-refractivity contribution < 1.29 is 0 Å². The highest BCUT2D eigenvalue weighted by Crippen LogP contribution is 2.22. The third-order valence-corrected chi connectivity index (χ3v) is 4.65. The lowest BCUT2D eigenvalue weighted by Crippen LogP contribution is -2.41. The third kappa shape index (κ3) is 3.72. The summed E-state index contributed by atoms with van der Waals surface area (Å²) in [5, 5.41) is 6.88. The molecule has 1 aromatic heterocycles. The first-order valence-electron chi connectivity index (χ1n) is 6.93. The Morgan fingerprint density at radius 3 is 2.95 bits per heavy atom. The van der Waals surface area contributed by atoms with Gasteiger partial charge in [-0.25, -0.2) is 4.98 Å². The van der Waals surface area contributed by atoms with Gasteiger partial charge in [-0.1, -0.05) is 41.9 Å². The van der Waals surface area contributed by atoms with Crippen molar-refractivity contribution >= 4 is 28.1 Å². The molecule has 3 rings (SSSR count). The summed E-state index contributed by atoms with van der Waals surface area (Å²) in [7, 11) is 0. The van der Waals surface area contributed by atoms with E-state index in [-0.39, 0.29) is 0 Å². The summed E-state index contributed by atoms with van der Waals surface area (Å²) in [6.07, 6.45) is 2.42. The highest BCUT2D eigenvalue weighted by atomic mass is 35.5. The summed E-state index contributed by atoms with van der Waals surface area (Å²) in [4.78, 5) is 6.77. The minimum atomic E-state index is 0.467. The van der Waals surface area contributed by atoms with E-state index in [1.165, 1.54) is 24.9 Å². The molecule has 1 aromatic carbocycles. The standard InChI is InChI=1S/C15H18ClN3S/c16-14-11-20-15(18-14)17-13-7-4-8-19(10-13)9-12-5-2-1-3-6-12/h1-3,5-6,11,13H,4,7-10H2,(H,17,18). The van der Waals surface area contributed by atoms with Crippen molar-refractivity contribution in [1.29, 1.82) is 0 Å². The van der Waals surface area contributed by atoms with Crippen molar-refractivity contribution in [3.63, 3.8) is 0 Å². The molecule has 1 aliphatic rings. The fourth-order valence-corrected chi connectivity index (χ4v) is 3.57. The van der Waals surface area contributed by atoms with E-state index in [2.05, 4.69) is 45.5 Å². The van der Waals surface area contributed by atoms with Crippen molar-refractivity contribution in [2.24, 2.45) is 0 Å². The second-order valence-corrected chi connectivity index (χ2v) is 6.42. The van der Waals surface area contributed by atoms with Gasteiger partial charge >= 0.3 is 0 Å². The fourth-order valence-electron chi connectivity index (χ4n) is 2.65. The topological polar surface area (TPSA) is 28.2 Å². The Bertz CT molecular complexity index is 543. The molecule has 0 bridgehead atoms. The van der Waals surface area contributed by atoms with Gasteiger partial charge < -0.3 is 5.32 Å². The second kappa shape index (κ2) is 6.57. The summed E-state index contributed by atoms with van der Waals surface area (Å²) in [6, 6.07) is 11.1. The van der Waals surface area contributed by atoms with Crippen molar-refractivity contribution in [3.05, 3.63) is 46.4 Å². The van der Waals surface area contributed by atoms with E-state index >= 15 is 0 Å². The molecule has 1 atom stereocenters. The maximum Gasteiger partial charge on any atom is 0.184 e. The first kappa shape index (κ1) is 13.9. The Kier molecular flexibility index (Phi) is 4.55. The van der Waals surface area contributed by atoms with Gasteiger partial charge in [-0.3, -0.25) is 4.90 Å². The lowest BCUT2D eigenvalue weighted by molar-refractivity contribution is 0.208. The molecule has 0 radical (unpaired) electrons. The molecule has 1 N–H and O–H groups in total. The Hall–Kier alpha value is -1.10. The van der Waals surface area contributed by atoms with Crippen LogP contribution in [0.15, 0.2) is 35.7 Å². The van der Waals surface area contributed by atoms with Gasteiger partial charge in [0.15, 0.2) is 5.13 Å². The molecule has 1 saturated heterocycles. The molecule has 2 heterocycles. The largest absolute Gasteiger partial charge is 0.357 e. The number of nitrogens with zero attached hydrogens (tertiary/aromatic N) is 2. The van der Waals surface area contributed by atoms with E-state index < -0.39 is 0 Å². The van der Waals surface area contributed by atoms with Gasteiger partial charge in [-0.05, 0) is 24.9 Å². The number of piperidine rings is 1. The fraction of sp³-hybridized carbons (Fsp3) is 0.400. The Balaban J connectivity index is 1.56. The maximum absolute atomic E-state index is 5.86. The zero-order chi connectivity index (χ0) is 13.8. The van der Waals surface area contributed by atoms with Crippen LogP contribution in [-0.4, -0.2) is 29.0 Å². The number of benzene rings is 1. The van der Waals surface area contributed by atoms with Crippen LogP contribution in [-0.2, 0) is 6.54 Å². The van der Waals surface area contributed by atoms with Crippen LogP contribution in [0.5, 0.6) is 0 Å². The van der Waals surface area contributed by atoms with Gasteiger partial charge in [0.25, 0.3) is 0 Å². The number of aromatic nitrogens is 1. The van der Waals surface area contributed by atoms with Crippen LogP contribution >= 0.6 is 22.9 Å². The van der Waals surface area contributed by atoms with Gasteiger partial charge in [0.1, 0.15) is 5.15 Å². The Morgan fingerprint density at radius 2 is 2.20 bits per heavy atom. The molecular weight excluding hydrogens is 290 g/mol. The van der Waals surface area contributed by atoms with Crippen molar-refractivity contribution in [2.75, 3.05) is 18.4 Å². The molecule has 106 valence electrons. The smallest absolute Gasteiger partial charge is 0.184 e. The first-order chi connectivity index (χ1) is 9.79. The number of hydrogen-bond donors (Lipinski definition) is 1. The lowest BCUT2D eigenvalue weighted by Gasteiger charge is -2.33. The molecule has 0 amide bonds. The molecular formula is C15H18ClN3S. The Labute approximate surface area is 128 Å². The SMILES string of the molecule is Clc1csc(NC2CCCN(Cc3ccccc3)C2)n1. The molecule has 1 aliphatic heterocycles. The van der Waals surface area contributed by atoms with Crippen LogP contribution in [0.4, 0.5) is 5.13 Å². The molecule has 3 nitrogen and oxygen atoms in total. The minimum absolute atomic E-state index is 0.467. The first-order valence-corrected chi connectivity index (χ1v) is 8.19. The average molecular weight is 308 g/mol. The van der Waals surface area contributed by atoms with E-state index in [0.29, 0.717) is 11.2 Å². The van der Waals surface area contributed by atoms with Crippen molar-refractivity contribution in [2.45, 2.75) is 25.4 Å². The molecule has 5 heteroatoms. The summed E-state index contributed by atoms with van der Waals surface area (Å²) >= 11 is 7.44. The van der Waals surface area contributed by atoms with E-state index in [1.54, 1.807) is 11.3 Å². The van der Waals surface area contributed by atoms with Crippen molar-refractivity contribution in [3.8, 4) is 0 Å². The molecule has 0 saturated carbocycles. The van der Waals surface area contributed by atoms with E-state index in [1.807, 2.05) is 5.38 Å². The summed E-state index contributed by atoms with van der Waals surface area (Å²) in [5.74, 6) is 0. The molecule has 0 spiro atoms. The van der Waals surface area contributed by atoms with Gasteiger partial charge in [-0.2, -0.15) is 0 Å². The van der Waals surface area contributed by atoms with Crippen LogP contribution in [0.25, 0.3) is 0 Å². The van der Waals surface area contributed by atoms with Crippen LogP contribution in [0.3, 0.4) is 0 Å². The number of nitrogens with one attached hydrogen (secondary N) is 1. The minimum Gasteiger partial charge on any atom is -0.357 e. The van der Waals surface area contributed by atoms with Gasteiger partial charge in [-0.15, -0.1) is 11.3 Å². The number of hydrogen-bond acceptors (Lipinski definition) is 4. The zero-order valence-corrected chi connectivity index (χ0v) is 12.8. The monoisotopic (exact) mass is 307 g/mol. The maximum atomic E-state index is 5.86. The summed E-state index contributed by atoms with van der Waals surface area (Å²) < 4.78 is 0.